The quantitative estimate of drug-likeness (QED) is 0.500. The summed E-state index contributed by atoms with van der Waals surface area (Å²) in [5.74, 6) is -1.65. The number of benzene rings is 1. The van der Waals surface area contributed by atoms with Crippen LogP contribution in [0.4, 0.5) is 0 Å². The Hall–Kier alpha value is -2.58. The molecular formula is C18H25N3O5. The van der Waals surface area contributed by atoms with E-state index in [2.05, 4.69) is 10.3 Å². The summed E-state index contributed by atoms with van der Waals surface area (Å²) in [6, 6.07) is 2.75. The fourth-order valence-corrected chi connectivity index (χ4v) is 2.45. The van der Waals surface area contributed by atoms with Crippen molar-refractivity contribution in [2.45, 2.75) is 44.9 Å². The second kappa shape index (κ2) is 7.76. The van der Waals surface area contributed by atoms with Crippen LogP contribution in [0, 0.1) is 0 Å². The number of phenols is 1. The Kier molecular flexibility index (Phi) is 5.89. The van der Waals surface area contributed by atoms with Gasteiger partial charge in [-0.05, 0) is 51.0 Å². The molecule has 0 fully saturated rings. The smallest absolute Gasteiger partial charge is 0.328 e. The van der Waals surface area contributed by atoms with E-state index >= 15 is 0 Å². The van der Waals surface area contributed by atoms with Crippen molar-refractivity contribution in [2.24, 2.45) is 5.73 Å². The van der Waals surface area contributed by atoms with Gasteiger partial charge in [0.15, 0.2) is 6.04 Å². The topological polar surface area (TPSA) is 138 Å². The van der Waals surface area contributed by atoms with Crippen LogP contribution in [0.15, 0.2) is 24.4 Å². The summed E-state index contributed by atoms with van der Waals surface area (Å²) >= 11 is 0. The number of carboxylic acids is 1. The van der Waals surface area contributed by atoms with Crippen LogP contribution in [0.5, 0.6) is 5.75 Å². The normalized spacial score (nSPS) is 14.2. The third-order valence-electron chi connectivity index (χ3n) is 3.83. The van der Waals surface area contributed by atoms with Crippen molar-refractivity contribution in [2.75, 3.05) is 6.61 Å². The van der Waals surface area contributed by atoms with Gasteiger partial charge in [0.1, 0.15) is 5.75 Å². The summed E-state index contributed by atoms with van der Waals surface area (Å²) in [6.07, 6.45) is 1.91. The Morgan fingerprint density at radius 1 is 1.35 bits per heavy atom. The van der Waals surface area contributed by atoms with Gasteiger partial charge in [0.2, 0.25) is 5.91 Å². The van der Waals surface area contributed by atoms with Gasteiger partial charge in [0, 0.05) is 17.1 Å². The van der Waals surface area contributed by atoms with Crippen molar-refractivity contribution < 1.29 is 24.5 Å². The molecule has 1 aromatic heterocycles. The number of hydrogen-bond donors (Lipinski definition) is 5. The molecule has 1 unspecified atom stereocenters. The molecule has 0 aliphatic carbocycles. The number of carboxylic acid groups (broad SMARTS) is 1. The van der Waals surface area contributed by atoms with Crippen LogP contribution in [0.3, 0.4) is 0 Å². The highest BCUT2D eigenvalue weighted by molar-refractivity contribution is 5.89. The monoisotopic (exact) mass is 363 g/mol. The third kappa shape index (κ3) is 5.21. The number of phenolic OH excluding ortho intramolecular Hbond substituents is 1. The van der Waals surface area contributed by atoms with E-state index in [1.165, 1.54) is 0 Å². The van der Waals surface area contributed by atoms with Gasteiger partial charge in [-0.1, -0.05) is 0 Å². The summed E-state index contributed by atoms with van der Waals surface area (Å²) in [6.45, 7) is 5.24. The zero-order chi connectivity index (χ0) is 19.5. The first-order valence-electron chi connectivity index (χ1n) is 8.28. The number of ether oxygens (including phenoxy) is 1. The second-order valence-electron chi connectivity index (χ2n) is 7.18. The highest BCUT2D eigenvalue weighted by Gasteiger charge is 2.26. The van der Waals surface area contributed by atoms with Crippen LogP contribution in [0.1, 0.15) is 26.3 Å². The molecule has 1 amide bonds. The van der Waals surface area contributed by atoms with Gasteiger partial charge in [-0.3, -0.25) is 4.79 Å². The first-order valence-corrected chi connectivity index (χ1v) is 8.28. The van der Waals surface area contributed by atoms with Gasteiger partial charge in [0.05, 0.1) is 18.2 Å². The fraction of sp³-hybridized carbons (Fsp3) is 0.444. The highest BCUT2D eigenvalue weighted by Crippen LogP contribution is 2.23. The fourth-order valence-electron chi connectivity index (χ4n) is 2.45. The van der Waals surface area contributed by atoms with Crippen molar-refractivity contribution in [1.29, 1.82) is 0 Å². The lowest BCUT2D eigenvalue weighted by atomic mass is 10.0. The molecular weight excluding hydrogens is 338 g/mol. The summed E-state index contributed by atoms with van der Waals surface area (Å²) < 4.78 is 5.44. The number of aromatic hydroxyl groups is 1. The minimum Gasteiger partial charge on any atom is -0.508 e. The summed E-state index contributed by atoms with van der Waals surface area (Å²) in [5.41, 5.74) is 7.00. The predicted octanol–water partition coefficient (Wildman–Crippen LogP) is 1.13. The zero-order valence-corrected chi connectivity index (χ0v) is 15.1. The number of nitrogens with two attached hydrogens (primary N) is 1. The number of aliphatic carboxylic acids is 1. The lowest BCUT2D eigenvalue weighted by Crippen LogP contribution is -2.51. The number of aromatic nitrogens is 1. The molecule has 1 aromatic carbocycles. The van der Waals surface area contributed by atoms with Gasteiger partial charge in [0.25, 0.3) is 0 Å². The maximum absolute atomic E-state index is 12.3. The molecule has 0 aliphatic heterocycles. The second-order valence-corrected chi connectivity index (χ2v) is 7.18. The standard InChI is InChI=1S/C18H25N3O5/c1-18(2,3)26-9-15(17(24)25)21-16(23)13(19)6-10-8-20-14-5-4-11(22)7-12(10)14/h4-5,7-8,13,15,20,22H,6,9,19H2,1-3H3,(H,21,23)(H,24,25)/t13?,15-/m0/s1. The molecule has 8 nitrogen and oxygen atoms in total. The minimum atomic E-state index is -1.19. The van der Waals surface area contributed by atoms with Crippen LogP contribution in [-0.2, 0) is 20.7 Å². The van der Waals surface area contributed by atoms with E-state index in [0.717, 1.165) is 16.5 Å². The van der Waals surface area contributed by atoms with E-state index < -0.39 is 29.6 Å². The molecule has 0 saturated carbocycles. The van der Waals surface area contributed by atoms with Gasteiger partial charge in [-0.15, -0.1) is 0 Å². The Bertz CT molecular complexity index is 794. The van der Waals surface area contributed by atoms with E-state index in [1.807, 2.05) is 0 Å². The number of H-pyrrole nitrogens is 1. The molecule has 2 rings (SSSR count). The van der Waals surface area contributed by atoms with E-state index in [9.17, 15) is 19.8 Å². The minimum absolute atomic E-state index is 0.113. The predicted molar refractivity (Wildman–Crippen MR) is 96.9 cm³/mol. The molecule has 0 spiro atoms. The third-order valence-corrected chi connectivity index (χ3v) is 3.83. The van der Waals surface area contributed by atoms with Crippen molar-refractivity contribution in [3.8, 4) is 5.75 Å². The van der Waals surface area contributed by atoms with Crippen LogP contribution in [0.25, 0.3) is 10.9 Å². The molecule has 0 aliphatic rings. The molecule has 0 saturated heterocycles. The van der Waals surface area contributed by atoms with Crippen LogP contribution in [-0.4, -0.2) is 51.4 Å². The van der Waals surface area contributed by atoms with Crippen molar-refractivity contribution >= 4 is 22.8 Å². The summed E-state index contributed by atoms with van der Waals surface area (Å²) in [4.78, 5) is 26.7. The van der Waals surface area contributed by atoms with Crippen molar-refractivity contribution in [3.63, 3.8) is 0 Å². The number of aromatic amines is 1. The molecule has 142 valence electrons. The summed E-state index contributed by atoms with van der Waals surface area (Å²) in [5, 5.41) is 22.1. The Morgan fingerprint density at radius 2 is 2.04 bits per heavy atom. The molecule has 2 atom stereocenters. The van der Waals surface area contributed by atoms with E-state index in [1.54, 1.807) is 45.2 Å². The average molecular weight is 363 g/mol. The van der Waals surface area contributed by atoms with Gasteiger partial charge in [-0.2, -0.15) is 0 Å². The average Bonchev–Trinajstić information content (AvgIpc) is 2.92. The number of carbonyl (C=O) groups excluding carboxylic acids is 1. The molecule has 6 N–H and O–H groups in total. The first kappa shape index (κ1) is 19.7. The molecule has 1 heterocycles. The maximum atomic E-state index is 12.3. The SMILES string of the molecule is CC(C)(C)OC[C@H](NC(=O)C(N)Cc1c[nH]c2ccc(O)cc12)C(=O)O. The Labute approximate surface area is 151 Å². The molecule has 2 aromatic rings. The molecule has 8 heteroatoms. The zero-order valence-electron chi connectivity index (χ0n) is 15.1. The van der Waals surface area contributed by atoms with E-state index in [4.69, 9.17) is 10.5 Å². The Balaban J connectivity index is 2.03. The number of rotatable bonds is 7. The summed E-state index contributed by atoms with van der Waals surface area (Å²) in [7, 11) is 0. The van der Waals surface area contributed by atoms with Gasteiger partial charge >= 0.3 is 5.97 Å². The number of hydrogen-bond acceptors (Lipinski definition) is 5. The largest absolute Gasteiger partial charge is 0.508 e. The lowest BCUT2D eigenvalue weighted by Gasteiger charge is -2.24. The number of amides is 1. The highest BCUT2D eigenvalue weighted by atomic mass is 16.5. The Morgan fingerprint density at radius 3 is 2.65 bits per heavy atom. The van der Waals surface area contributed by atoms with Gasteiger partial charge in [-0.25, -0.2) is 4.79 Å². The van der Waals surface area contributed by atoms with Crippen LogP contribution >= 0.6 is 0 Å². The molecule has 0 radical (unpaired) electrons. The van der Waals surface area contributed by atoms with Crippen molar-refractivity contribution in [3.05, 3.63) is 30.0 Å². The lowest BCUT2D eigenvalue weighted by molar-refractivity contribution is -0.145. The van der Waals surface area contributed by atoms with E-state index in [-0.39, 0.29) is 18.8 Å². The molecule has 26 heavy (non-hydrogen) atoms. The number of nitrogens with one attached hydrogen (secondary N) is 2. The van der Waals surface area contributed by atoms with Crippen LogP contribution in [0.2, 0.25) is 0 Å². The van der Waals surface area contributed by atoms with E-state index in [0.29, 0.717) is 0 Å². The molecule has 0 bridgehead atoms. The van der Waals surface area contributed by atoms with Crippen LogP contribution < -0.4 is 11.1 Å². The van der Waals surface area contributed by atoms with Gasteiger partial charge < -0.3 is 31.0 Å². The maximum Gasteiger partial charge on any atom is 0.328 e. The van der Waals surface area contributed by atoms with Crippen molar-refractivity contribution in [1.82, 2.24) is 10.3 Å². The number of fused-ring (bicyclic) bond motifs is 1. The number of carbonyl (C=O) groups is 2. The first-order chi connectivity index (χ1) is 12.1.